The molecule has 1 rings (SSSR count). The standard InChI is InChI=1S/C11H12BrCl2NO/c1-7(12)6-15(2)11(16)9-5-8(13)3-4-10(9)14/h3-5,7H,6H2,1-2H3. The van der Waals surface area contributed by atoms with Crippen LogP contribution in [0.1, 0.15) is 17.3 Å². The first-order valence-corrected chi connectivity index (χ1v) is 6.43. The molecule has 88 valence electrons. The van der Waals surface area contributed by atoms with Crippen LogP contribution in [0.2, 0.25) is 10.0 Å². The third-order valence-corrected chi connectivity index (χ3v) is 2.89. The van der Waals surface area contributed by atoms with Crippen LogP contribution in [0.3, 0.4) is 0 Å². The molecule has 0 aliphatic heterocycles. The Kier molecular flexibility index (Phi) is 5.09. The molecule has 0 aliphatic carbocycles. The minimum absolute atomic E-state index is 0.126. The second kappa shape index (κ2) is 5.89. The van der Waals surface area contributed by atoms with E-state index in [9.17, 15) is 4.79 Å². The van der Waals surface area contributed by atoms with Crippen molar-refractivity contribution in [3.8, 4) is 0 Å². The highest BCUT2D eigenvalue weighted by atomic mass is 79.9. The summed E-state index contributed by atoms with van der Waals surface area (Å²) in [6, 6.07) is 4.87. The van der Waals surface area contributed by atoms with Crippen LogP contribution < -0.4 is 0 Å². The zero-order valence-corrected chi connectivity index (χ0v) is 12.1. The third kappa shape index (κ3) is 3.65. The van der Waals surface area contributed by atoms with Gasteiger partial charge in [-0.25, -0.2) is 0 Å². The largest absolute Gasteiger partial charge is 0.341 e. The summed E-state index contributed by atoms with van der Waals surface area (Å²) in [6.07, 6.45) is 0. The molecule has 0 bridgehead atoms. The summed E-state index contributed by atoms with van der Waals surface area (Å²) in [4.78, 5) is 13.9. The van der Waals surface area contributed by atoms with Gasteiger partial charge in [0.2, 0.25) is 0 Å². The molecule has 16 heavy (non-hydrogen) atoms. The Morgan fingerprint density at radius 1 is 1.50 bits per heavy atom. The van der Waals surface area contributed by atoms with E-state index in [-0.39, 0.29) is 10.7 Å². The number of benzene rings is 1. The monoisotopic (exact) mass is 323 g/mol. The predicted octanol–water partition coefficient (Wildman–Crippen LogP) is 3.85. The van der Waals surface area contributed by atoms with Gasteiger partial charge in [0.25, 0.3) is 5.91 Å². The predicted molar refractivity (Wildman–Crippen MR) is 71.8 cm³/mol. The van der Waals surface area contributed by atoms with Gasteiger partial charge in [-0.05, 0) is 18.2 Å². The average molecular weight is 325 g/mol. The van der Waals surface area contributed by atoms with Crippen molar-refractivity contribution >= 4 is 45.0 Å². The van der Waals surface area contributed by atoms with E-state index >= 15 is 0 Å². The number of carbonyl (C=O) groups excluding carboxylic acids is 1. The van der Waals surface area contributed by atoms with Crippen LogP contribution in [0.15, 0.2) is 18.2 Å². The highest BCUT2D eigenvalue weighted by Gasteiger charge is 2.16. The van der Waals surface area contributed by atoms with Crippen LogP contribution in [-0.2, 0) is 0 Å². The maximum Gasteiger partial charge on any atom is 0.255 e. The Morgan fingerprint density at radius 2 is 2.12 bits per heavy atom. The smallest absolute Gasteiger partial charge is 0.255 e. The maximum absolute atomic E-state index is 12.0. The fourth-order valence-electron chi connectivity index (χ4n) is 1.33. The summed E-state index contributed by atoms with van der Waals surface area (Å²) >= 11 is 15.2. The van der Waals surface area contributed by atoms with Crippen molar-refractivity contribution in [3.05, 3.63) is 33.8 Å². The number of amides is 1. The highest BCUT2D eigenvalue weighted by molar-refractivity contribution is 9.09. The summed E-state index contributed by atoms with van der Waals surface area (Å²) in [5.41, 5.74) is 0.435. The molecule has 0 radical (unpaired) electrons. The number of carbonyl (C=O) groups is 1. The van der Waals surface area contributed by atoms with E-state index in [4.69, 9.17) is 23.2 Å². The van der Waals surface area contributed by atoms with Gasteiger partial charge in [0.1, 0.15) is 0 Å². The van der Waals surface area contributed by atoms with E-state index in [2.05, 4.69) is 15.9 Å². The minimum Gasteiger partial charge on any atom is -0.341 e. The second-order valence-electron chi connectivity index (χ2n) is 3.59. The normalized spacial score (nSPS) is 12.3. The van der Waals surface area contributed by atoms with Crippen molar-refractivity contribution < 1.29 is 4.79 Å². The number of nitrogens with zero attached hydrogens (tertiary/aromatic N) is 1. The Balaban J connectivity index is 2.91. The maximum atomic E-state index is 12.0. The molecular weight excluding hydrogens is 313 g/mol. The van der Waals surface area contributed by atoms with Gasteiger partial charge >= 0.3 is 0 Å². The molecule has 1 aromatic rings. The quantitative estimate of drug-likeness (QED) is 0.773. The fraction of sp³-hybridized carbons (Fsp3) is 0.364. The average Bonchev–Trinajstić information content (AvgIpc) is 2.19. The number of hydrogen-bond donors (Lipinski definition) is 0. The van der Waals surface area contributed by atoms with Crippen LogP contribution in [0.5, 0.6) is 0 Å². The zero-order chi connectivity index (χ0) is 12.3. The van der Waals surface area contributed by atoms with Crippen LogP contribution in [-0.4, -0.2) is 29.2 Å². The molecule has 1 aromatic carbocycles. The molecule has 0 N–H and O–H groups in total. The lowest BCUT2D eigenvalue weighted by Gasteiger charge is -2.19. The van der Waals surface area contributed by atoms with Crippen LogP contribution in [0, 0.1) is 0 Å². The topological polar surface area (TPSA) is 20.3 Å². The van der Waals surface area contributed by atoms with Gasteiger partial charge in [-0.15, -0.1) is 0 Å². The summed E-state index contributed by atoms with van der Waals surface area (Å²) in [5.74, 6) is -0.126. The Bertz CT molecular complexity index is 396. The number of hydrogen-bond acceptors (Lipinski definition) is 1. The lowest BCUT2D eigenvalue weighted by atomic mass is 10.2. The van der Waals surface area contributed by atoms with Crippen molar-refractivity contribution in [3.63, 3.8) is 0 Å². The van der Waals surface area contributed by atoms with E-state index in [0.29, 0.717) is 22.2 Å². The first kappa shape index (κ1) is 13.8. The van der Waals surface area contributed by atoms with Gasteiger partial charge in [0.05, 0.1) is 10.6 Å². The van der Waals surface area contributed by atoms with Crippen LogP contribution in [0.4, 0.5) is 0 Å². The summed E-state index contributed by atoms with van der Waals surface area (Å²) < 4.78 is 0. The van der Waals surface area contributed by atoms with E-state index in [1.54, 1.807) is 30.1 Å². The number of alkyl halides is 1. The molecule has 1 amide bonds. The first-order valence-electron chi connectivity index (χ1n) is 4.76. The lowest BCUT2D eigenvalue weighted by Crippen LogP contribution is -2.31. The zero-order valence-electron chi connectivity index (χ0n) is 9.01. The molecule has 0 aromatic heterocycles. The Labute approximate surface area is 114 Å². The molecule has 2 nitrogen and oxygen atoms in total. The first-order chi connectivity index (χ1) is 7.41. The second-order valence-corrected chi connectivity index (χ2v) is 6.00. The van der Waals surface area contributed by atoms with E-state index in [1.165, 1.54) is 0 Å². The molecule has 5 heteroatoms. The van der Waals surface area contributed by atoms with Gasteiger partial charge in [-0.2, -0.15) is 0 Å². The molecular formula is C11H12BrCl2NO. The number of halogens is 3. The molecule has 0 aliphatic rings. The molecule has 1 atom stereocenters. The molecule has 1 unspecified atom stereocenters. The fourth-order valence-corrected chi connectivity index (χ4v) is 2.13. The lowest BCUT2D eigenvalue weighted by molar-refractivity contribution is 0.0797. The third-order valence-electron chi connectivity index (χ3n) is 2.03. The molecule has 0 fully saturated rings. The van der Waals surface area contributed by atoms with Crippen molar-refractivity contribution in [2.24, 2.45) is 0 Å². The molecule has 0 saturated carbocycles. The van der Waals surface area contributed by atoms with Crippen LogP contribution >= 0.6 is 39.1 Å². The highest BCUT2D eigenvalue weighted by Crippen LogP contribution is 2.22. The SMILES string of the molecule is CC(Br)CN(C)C(=O)c1cc(Cl)ccc1Cl. The van der Waals surface area contributed by atoms with Gasteiger partial charge in [0, 0.05) is 23.4 Å². The van der Waals surface area contributed by atoms with Gasteiger partial charge in [-0.3, -0.25) is 4.79 Å². The van der Waals surface area contributed by atoms with Gasteiger partial charge in [-0.1, -0.05) is 46.1 Å². The molecule has 0 heterocycles. The van der Waals surface area contributed by atoms with Crippen molar-refractivity contribution in [1.29, 1.82) is 0 Å². The minimum atomic E-state index is -0.126. The summed E-state index contributed by atoms with van der Waals surface area (Å²) in [5, 5.41) is 0.927. The van der Waals surface area contributed by atoms with E-state index in [1.807, 2.05) is 6.92 Å². The van der Waals surface area contributed by atoms with Gasteiger partial charge in [0.15, 0.2) is 0 Å². The molecule has 0 spiro atoms. The van der Waals surface area contributed by atoms with Crippen molar-refractivity contribution in [1.82, 2.24) is 4.90 Å². The van der Waals surface area contributed by atoms with Crippen LogP contribution in [0.25, 0.3) is 0 Å². The van der Waals surface area contributed by atoms with Gasteiger partial charge < -0.3 is 4.90 Å². The van der Waals surface area contributed by atoms with Crippen molar-refractivity contribution in [2.75, 3.05) is 13.6 Å². The van der Waals surface area contributed by atoms with E-state index in [0.717, 1.165) is 0 Å². The summed E-state index contributed by atoms with van der Waals surface area (Å²) in [7, 11) is 1.73. The molecule has 0 saturated heterocycles. The number of rotatable bonds is 3. The Hall–Kier alpha value is -0.250. The summed E-state index contributed by atoms with van der Waals surface area (Å²) in [6.45, 7) is 2.59. The van der Waals surface area contributed by atoms with E-state index < -0.39 is 0 Å². The van der Waals surface area contributed by atoms with Crippen molar-refractivity contribution in [2.45, 2.75) is 11.8 Å². The Morgan fingerprint density at radius 3 is 2.69 bits per heavy atom.